The first-order valence-electron chi connectivity index (χ1n) is 18.9. The summed E-state index contributed by atoms with van der Waals surface area (Å²) in [5.74, 6) is -10.6. The second-order valence-electron chi connectivity index (χ2n) is 14.4. The molecular formula is C51H24F5N5. The van der Waals surface area contributed by atoms with E-state index in [2.05, 4.69) is 18.2 Å². The Kier molecular flexibility index (Phi) is 8.50. The number of hydrogen-bond donors (Lipinski definition) is 0. The summed E-state index contributed by atoms with van der Waals surface area (Å²) >= 11 is 0. The Bertz CT molecular complexity index is 3430. The molecule has 0 N–H and O–H groups in total. The van der Waals surface area contributed by atoms with E-state index in [1.807, 2.05) is 97.1 Å². The van der Waals surface area contributed by atoms with Crippen molar-refractivity contribution in [3.8, 4) is 63.0 Å². The zero-order chi connectivity index (χ0) is 42.1. The van der Waals surface area contributed by atoms with Crippen LogP contribution in [-0.2, 0) is 0 Å². The van der Waals surface area contributed by atoms with Gasteiger partial charge in [0.25, 0.3) is 0 Å². The number of aromatic nitrogens is 2. The van der Waals surface area contributed by atoms with E-state index in [1.54, 1.807) is 45.5 Å². The fraction of sp³-hybridized carbons (Fsp3) is 0. The number of nitrogens with zero attached hydrogens (tertiary/aromatic N) is 5. The Balaban J connectivity index is 1.34. The fourth-order valence-corrected chi connectivity index (χ4v) is 8.55. The van der Waals surface area contributed by atoms with Gasteiger partial charge in [0, 0.05) is 21.5 Å². The van der Waals surface area contributed by atoms with Crippen molar-refractivity contribution in [1.29, 1.82) is 15.8 Å². The van der Waals surface area contributed by atoms with Crippen LogP contribution in [0.1, 0.15) is 16.7 Å². The van der Waals surface area contributed by atoms with Gasteiger partial charge >= 0.3 is 0 Å². The number of nitriles is 3. The Labute approximate surface area is 343 Å². The number of rotatable bonds is 5. The molecule has 0 saturated carbocycles. The lowest BCUT2D eigenvalue weighted by molar-refractivity contribution is 0.381. The predicted octanol–water partition coefficient (Wildman–Crippen LogP) is 13.2. The van der Waals surface area contributed by atoms with Gasteiger partial charge in [-0.1, -0.05) is 84.9 Å². The number of para-hydroxylation sites is 2. The van der Waals surface area contributed by atoms with Crippen LogP contribution in [0.25, 0.3) is 88.4 Å². The van der Waals surface area contributed by atoms with Gasteiger partial charge in [0.1, 0.15) is 11.6 Å². The fourth-order valence-electron chi connectivity index (χ4n) is 8.55. The molecule has 0 fully saturated rings. The maximum atomic E-state index is 15.9. The van der Waals surface area contributed by atoms with Gasteiger partial charge in [0.2, 0.25) is 5.82 Å². The van der Waals surface area contributed by atoms with Crippen molar-refractivity contribution in [2.75, 3.05) is 0 Å². The molecule has 0 saturated heterocycles. The summed E-state index contributed by atoms with van der Waals surface area (Å²) in [4.78, 5) is 0. The summed E-state index contributed by atoms with van der Waals surface area (Å²) in [6.07, 6.45) is 0. The van der Waals surface area contributed by atoms with Crippen LogP contribution >= 0.6 is 0 Å². The Morgan fingerprint density at radius 3 is 1.20 bits per heavy atom. The smallest absolute Gasteiger partial charge is 0.200 e. The summed E-state index contributed by atoms with van der Waals surface area (Å²) in [6.45, 7) is 0. The average Bonchev–Trinajstić information content (AvgIpc) is 3.82. The second-order valence-corrected chi connectivity index (χ2v) is 14.4. The van der Waals surface area contributed by atoms with Crippen LogP contribution in [-0.4, -0.2) is 9.13 Å². The van der Waals surface area contributed by atoms with Gasteiger partial charge in [-0.2, -0.15) is 15.8 Å². The molecule has 0 atom stereocenters. The summed E-state index contributed by atoms with van der Waals surface area (Å²) < 4.78 is 79.9. The van der Waals surface area contributed by atoms with Crippen molar-refractivity contribution < 1.29 is 22.0 Å². The lowest BCUT2D eigenvalue weighted by atomic mass is 9.97. The molecule has 2 heterocycles. The number of fused-ring (bicyclic) bond motifs is 6. The minimum Gasteiger partial charge on any atom is -0.308 e. The van der Waals surface area contributed by atoms with Crippen molar-refractivity contribution in [1.82, 2.24) is 9.13 Å². The highest BCUT2D eigenvalue weighted by molar-refractivity contribution is 6.12. The first-order valence-corrected chi connectivity index (χ1v) is 18.9. The molecular weight excluding hydrogens is 778 g/mol. The predicted molar refractivity (Wildman–Crippen MR) is 225 cm³/mol. The topological polar surface area (TPSA) is 81.2 Å². The first-order chi connectivity index (χ1) is 29.7. The van der Waals surface area contributed by atoms with E-state index in [4.69, 9.17) is 0 Å². The van der Waals surface area contributed by atoms with E-state index in [9.17, 15) is 20.2 Å². The lowest BCUT2D eigenvalue weighted by Crippen LogP contribution is -2.08. The van der Waals surface area contributed by atoms with Crippen LogP contribution in [0.3, 0.4) is 0 Å². The first kappa shape index (κ1) is 36.8. The molecule has 2 aromatic heterocycles. The van der Waals surface area contributed by atoms with Crippen LogP contribution in [0, 0.1) is 63.1 Å². The monoisotopic (exact) mass is 801 g/mol. The number of benzene rings is 8. The number of halogens is 5. The van der Waals surface area contributed by atoms with Gasteiger partial charge in [-0.25, -0.2) is 22.0 Å². The summed E-state index contributed by atoms with van der Waals surface area (Å²) in [7, 11) is 0. The molecule has 0 spiro atoms. The maximum Gasteiger partial charge on any atom is 0.200 e. The molecule has 61 heavy (non-hydrogen) atoms. The molecule has 0 bridgehead atoms. The standard InChI is InChI=1S/C51H24F5N5/c52-47-46(48(53)50(55)51(56)49(47)54)32-23-44(60-40-15-7-5-13-35(40)37-21-28(17-19-42(37)60)33-11-3-1-9-30(33)25-57)39(27-59)45(24-32)61-41-16-8-6-14-36(41)38-22-29(18-20-43(38)61)34-12-4-2-10-31(34)26-58/h1-24H. The van der Waals surface area contributed by atoms with Crippen LogP contribution in [0.5, 0.6) is 0 Å². The summed E-state index contributed by atoms with van der Waals surface area (Å²) in [5, 5.41) is 33.9. The van der Waals surface area contributed by atoms with Crippen LogP contribution < -0.4 is 0 Å². The van der Waals surface area contributed by atoms with Gasteiger partial charge in [0.05, 0.1) is 62.3 Å². The summed E-state index contributed by atoms with van der Waals surface area (Å²) in [6, 6.07) is 49.4. The molecule has 0 aliphatic carbocycles. The Morgan fingerprint density at radius 2 is 0.754 bits per heavy atom. The van der Waals surface area contributed by atoms with E-state index in [0.29, 0.717) is 44.3 Å². The van der Waals surface area contributed by atoms with Gasteiger partial charge in [-0.15, -0.1) is 0 Å². The Morgan fingerprint density at radius 1 is 0.361 bits per heavy atom. The van der Waals surface area contributed by atoms with E-state index < -0.39 is 34.6 Å². The van der Waals surface area contributed by atoms with Crippen molar-refractivity contribution in [3.05, 3.63) is 191 Å². The maximum absolute atomic E-state index is 15.9. The zero-order valence-electron chi connectivity index (χ0n) is 31.5. The lowest BCUT2D eigenvalue weighted by Gasteiger charge is -2.19. The van der Waals surface area contributed by atoms with E-state index in [1.165, 1.54) is 12.1 Å². The van der Waals surface area contributed by atoms with Crippen molar-refractivity contribution >= 4 is 43.6 Å². The molecule has 0 aliphatic heterocycles. The van der Waals surface area contributed by atoms with Crippen molar-refractivity contribution in [2.45, 2.75) is 0 Å². The molecule has 0 radical (unpaired) electrons. The quantitative estimate of drug-likeness (QED) is 0.0987. The van der Waals surface area contributed by atoms with Crippen molar-refractivity contribution in [3.63, 3.8) is 0 Å². The highest BCUT2D eigenvalue weighted by Crippen LogP contribution is 2.43. The van der Waals surface area contributed by atoms with Crippen LogP contribution in [0.15, 0.2) is 146 Å². The van der Waals surface area contributed by atoms with Gasteiger partial charge in [-0.05, 0) is 88.5 Å². The number of hydrogen-bond acceptors (Lipinski definition) is 3. The third-order valence-corrected chi connectivity index (χ3v) is 11.3. The van der Waals surface area contributed by atoms with Gasteiger partial charge < -0.3 is 9.13 Å². The molecule has 0 aliphatic rings. The van der Waals surface area contributed by atoms with E-state index in [0.717, 1.165) is 32.7 Å². The third kappa shape index (κ3) is 5.49. The minimum atomic E-state index is -2.29. The largest absolute Gasteiger partial charge is 0.308 e. The van der Waals surface area contributed by atoms with Crippen LogP contribution in [0.2, 0.25) is 0 Å². The van der Waals surface area contributed by atoms with E-state index in [-0.39, 0.29) is 22.5 Å². The molecule has 288 valence electrons. The molecule has 0 unspecified atom stereocenters. The van der Waals surface area contributed by atoms with Crippen LogP contribution in [0.4, 0.5) is 22.0 Å². The minimum absolute atomic E-state index is 0.0377. The third-order valence-electron chi connectivity index (χ3n) is 11.3. The zero-order valence-corrected chi connectivity index (χ0v) is 31.5. The van der Waals surface area contributed by atoms with Crippen molar-refractivity contribution in [2.24, 2.45) is 0 Å². The van der Waals surface area contributed by atoms with E-state index >= 15 is 17.6 Å². The Hall–Kier alpha value is -8.52. The van der Waals surface area contributed by atoms with Gasteiger partial charge in [0.15, 0.2) is 23.3 Å². The SMILES string of the molecule is N#Cc1ccccc1-c1ccc2c(c1)c1ccccc1n2-c1cc(-c2c(F)c(F)c(F)c(F)c2F)cc(-n2c3ccccc3c3cc(-c4ccccc4C#N)ccc32)c1C#N. The molecule has 8 aromatic carbocycles. The molecule has 10 aromatic rings. The molecule has 10 heteroatoms. The molecule has 10 rings (SSSR count). The summed E-state index contributed by atoms with van der Waals surface area (Å²) in [5.41, 5.74) is 4.85. The molecule has 0 amide bonds. The second kappa shape index (κ2) is 14.1. The molecule has 5 nitrogen and oxygen atoms in total. The highest BCUT2D eigenvalue weighted by atomic mass is 19.2. The average molecular weight is 802 g/mol. The van der Waals surface area contributed by atoms with Gasteiger partial charge in [-0.3, -0.25) is 0 Å². The normalized spacial score (nSPS) is 11.3. The highest BCUT2D eigenvalue weighted by Gasteiger charge is 2.30.